The Morgan fingerprint density at radius 1 is 1.35 bits per heavy atom. The molecule has 0 aliphatic heterocycles. The fraction of sp³-hybridized carbons (Fsp3) is 0.538. The van der Waals surface area contributed by atoms with Crippen molar-refractivity contribution >= 4 is 0 Å². The van der Waals surface area contributed by atoms with Crippen molar-refractivity contribution in [2.45, 2.75) is 26.4 Å². The fourth-order valence-electron chi connectivity index (χ4n) is 1.68. The van der Waals surface area contributed by atoms with Crippen molar-refractivity contribution in [3.8, 4) is 5.75 Å². The van der Waals surface area contributed by atoms with Crippen LogP contribution in [0.2, 0.25) is 0 Å². The molecule has 3 N–H and O–H groups in total. The highest BCUT2D eigenvalue weighted by atomic mass is 19.1. The summed E-state index contributed by atoms with van der Waals surface area (Å²) in [5.74, 6) is -0.160. The van der Waals surface area contributed by atoms with Gasteiger partial charge in [0.1, 0.15) is 11.6 Å². The molecule has 96 valence electrons. The monoisotopic (exact) mass is 241 g/mol. The number of nitrogens with two attached hydrogens (primary N) is 1. The molecule has 0 heterocycles. The first kappa shape index (κ1) is 13.9. The van der Waals surface area contributed by atoms with E-state index in [1.165, 1.54) is 13.2 Å². The van der Waals surface area contributed by atoms with Crippen LogP contribution in [0.1, 0.15) is 26.3 Å². The third-order valence-electron chi connectivity index (χ3n) is 3.51. The molecule has 1 aromatic rings. The van der Waals surface area contributed by atoms with Crippen LogP contribution in [-0.2, 0) is 5.60 Å². The molecular formula is C13H20FNO2. The standard InChI is InChI=1S/C13H20FNO2/c1-12(2,8-15)13(3,16)11-9(14)6-5-7-10(11)17-4/h5-7,16H,8,15H2,1-4H3. The van der Waals surface area contributed by atoms with Crippen molar-refractivity contribution in [1.82, 2.24) is 0 Å². The van der Waals surface area contributed by atoms with Crippen molar-refractivity contribution in [3.05, 3.63) is 29.6 Å². The third-order valence-corrected chi connectivity index (χ3v) is 3.51. The Bertz CT molecular complexity index is 402. The average Bonchev–Trinajstić information content (AvgIpc) is 2.27. The van der Waals surface area contributed by atoms with Crippen LogP contribution in [0.15, 0.2) is 18.2 Å². The van der Waals surface area contributed by atoms with Crippen LogP contribution in [-0.4, -0.2) is 18.8 Å². The minimum Gasteiger partial charge on any atom is -0.496 e. The lowest BCUT2D eigenvalue weighted by molar-refractivity contribution is -0.0563. The van der Waals surface area contributed by atoms with Gasteiger partial charge in [0.2, 0.25) is 0 Å². The van der Waals surface area contributed by atoms with Crippen molar-refractivity contribution in [2.24, 2.45) is 11.1 Å². The molecular weight excluding hydrogens is 221 g/mol. The van der Waals surface area contributed by atoms with Crippen molar-refractivity contribution < 1.29 is 14.2 Å². The minimum atomic E-state index is -1.40. The van der Waals surface area contributed by atoms with Crippen LogP contribution in [0.3, 0.4) is 0 Å². The topological polar surface area (TPSA) is 55.5 Å². The zero-order valence-electron chi connectivity index (χ0n) is 10.7. The number of hydrogen-bond donors (Lipinski definition) is 2. The van der Waals surface area contributed by atoms with E-state index in [1.807, 2.05) is 0 Å². The zero-order chi connectivity index (χ0) is 13.3. The second-order valence-electron chi connectivity index (χ2n) is 4.98. The molecule has 1 aromatic carbocycles. The predicted molar refractivity (Wildman–Crippen MR) is 65.4 cm³/mol. The van der Waals surface area contributed by atoms with Crippen LogP contribution in [0.25, 0.3) is 0 Å². The molecule has 1 atom stereocenters. The number of rotatable bonds is 4. The molecule has 3 nitrogen and oxygen atoms in total. The summed E-state index contributed by atoms with van der Waals surface area (Å²) in [6.45, 7) is 5.37. The second-order valence-corrected chi connectivity index (χ2v) is 4.98. The molecule has 0 bridgehead atoms. The average molecular weight is 241 g/mol. The van der Waals surface area contributed by atoms with Gasteiger partial charge in [-0.25, -0.2) is 4.39 Å². The van der Waals surface area contributed by atoms with Crippen LogP contribution in [0, 0.1) is 11.2 Å². The lowest BCUT2D eigenvalue weighted by Gasteiger charge is -2.40. The molecule has 0 saturated heterocycles. The van der Waals surface area contributed by atoms with Gasteiger partial charge in [-0.05, 0) is 19.1 Å². The molecule has 17 heavy (non-hydrogen) atoms. The summed E-state index contributed by atoms with van der Waals surface area (Å²) in [5.41, 5.74) is 3.73. The Labute approximate surface area is 101 Å². The largest absolute Gasteiger partial charge is 0.496 e. The number of methoxy groups -OCH3 is 1. The summed E-state index contributed by atoms with van der Waals surface area (Å²) >= 11 is 0. The summed E-state index contributed by atoms with van der Waals surface area (Å²) in [5, 5.41) is 10.6. The predicted octanol–water partition coefficient (Wildman–Crippen LogP) is 2.03. The van der Waals surface area contributed by atoms with Gasteiger partial charge in [0, 0.05) is 12.0 Å². The molecule has 0 radical (unpaired) electrons. The third kappa shape index (κ3) is 2.28. The SMILES string of the molecule is COc1cccc(F)c1C(C)(O)C(C)(C)CN. The highest BCUT2D eigenvalue weighted by Crippen LogP contribution is 2.43. The maximum Gasteiger partial charge on any atom is 0.133 e. The van der Waals surface area contributed by atoms with E-state index in [-0.39, 0.29) is 12.1 Å². The summed E-state index contributed by atoms with van der Waals surface area (Å²) in [6.07, 6.45) is 0. The minimum absolute atomic E-state index is 0.151. The van der Waals surface area contributed by atoms with Gasteiger partial charge >= 0.3 is 0 Å². The van der Waals surface area contributed by atoms with Gasteiger partial charge in [-0.3, -0.25) is 0 Å². The van der Waals surface area contributed by atoms with E-state index >= 15 is 0 Å². The van der Waals surface area contributed by atoms with E-state index in [4.69, 9.17) is 10.5 Å². The van der Waals surface area contributed by atoms with Crippen molar-refractivity contribution in [2.75, 3.05) is 13.7 Å². The first-order chi connectivity index (χ1) is 7.78. The Morgan fingerprint density at radius 3 is 2.41 bits per heavy atom. The lowest BCUT2D eigenvalue weighted by atomic mass is 9.71. The highest BCUT2D eigenvalue weighted by molar-refractivity contribution is 5.40. The maximum absolute atomic E-state index is 13.9. The number of aliphatic hydroxyl groups is 1. The van der Waals surface area contributed by atoms with E-state index < -0.39 is 16.8 Å². The normalized spacial score (nSPS) is 15.5. The van der Waals surface area contributed by atoms with Gasteiger partial charge in [0.25, 0.3) is 0 Å². The molecule has 0 aliphatic rings. The van der Waals surface area contributed by atoms with E-state index in [2.05, 4.69) is 0 Å². The molecule has 4 heteroatoms. The van der Waals surface area contributed by atoms with Gasteiger partial charge in [0.05, 0.1) is 18.3 Å². The Hall–Kier alpha value is -1.13. The van der Waals surface area contributed by atoms with E-state index in [0.29, 0.717) is 5.75 Å². The van der Waals surface area contributed by atoms with Crippen LogP contribution >= 0.6 is 0 Å². The molecule has 0 spiro atoms. The van der Waals surface area contributed by atoms with Gasteiger partial charge < -0.3 is 15.6 Å². The molecule has 1 unspecified atom stereocenters. The summed E-state index contributed by atoms with van der Waals surface area (Å²) in [4.78, 5) is 0. The van der Waals surface area contributed by atoms with Gasteiger partial charge in [-0.2, -0.15) is 0 Å². The van der Waals surface area contributed by atoms with E-state index in [1.54, 1.807) is 32.9 Å². The second kappa shape index (κ2) is 4.63. The number of ether oxygens (including phenoxy) is 1. The van der Waals surface area contributed by atoms with E-state index in [0.717, 1.165) is 0 Å². The summed E-state index contributed by atoms with van der Waals surface area (Å²) in [7, 11) is 1.45. The first-order valence-corrected chi connectivity index (χ1v) is 5.53. The first-order valence-electron chi connectivity index (χ1n) is 5.53. The quantitative estimate of drug-likeness (QED) is 0.848. The molecule has 0 aliphatic carbocycles. The van der Waals surface area contributed by atoms with E-state index in [9.17, 15) is 9.50 Å². The van der Waals surface area contributed by atoms with Crippen molar-refractivity contribution in [1.29, 1.82) is 0 Å². The molecule has 1 rings (SSSR count). The Balaban J connectivity index is 3.42. The van der Waals surface area contributed by atoms with Gasteiger partial charge in [0.15, 0.2) is 0 Å². The molecule has 0 aromatic heterocycles. The maximum atomic E-state index is 13.9. The van der Waals surface area contributed by atoms with Crippen LogP contribution in [0.4, 0.5) is 4.39 Å². The Morgan fingerprint density at radius 2 is 1.94 bits per heavy atom. The smallest absolute Gasteiger partial charge is 0.133 e. The molecule has 0 amide bonds. The fourth-order valence-corrected chi connectivity index (χ4v) is 1.68. The summed E-state index contributed by atoms with van der Waals surface area (Å²) in [6, 6.07) is 4.47. The highest BCUT2D eigenvalue weighted by Gasteiger charge is 2.43. The van der Waals surface area contributed by atoms with Gasteiger partial charge in [-0.15, -0.1) is 0 Å². The lowest BCUT2D eigenvalue weighted by Crippen LogP contribution is -2.45. The molecule has 0 saturated carbocycles. The summed E-state index contributed by atoms with van der Waals surface area (Å²) < 4.78 is 19.0. The number of halogens is 1. The Kier molecular flexibility index (Phi) is 3.79. The van der Waals surface area contributed by atoms with Crippen molar-refractivity contribution in [3.63, 3.8) is 0 Å². The number of benzene rings is 1. The number of hydrogen-bond acceptors (Lipinski definition) is 3. The zero-order valence-corrected chi connectivity index (χ0v) is 10.7. The molecule has 0 fully saturated rings. The van der Waals surface area contributed by atoms with Crippen LogP contribution in [0.5, 0.6) is 5.75 Å². The van der Waals surface area contributed by atoms with Crippen LogP contribution < -0.4 is 10.5 Å². The van der Waals surface area contributed by atoms with Gasteiger partial charge in [-0.1, -0.05) is 19.9 Å².